The summed E-state index contributed by atoms with van der Waals surface area (Å²) in [5.41, 5.74) is 2.76. The van der Waals surface area contributed by atoms with Gasteiger partial charge in [-0.2, -0.15) is 0 Å². The third-order valence-electron chi connectivity index (χ3n) is 5.50. The third kappa shape index (κ3) is 5.11. The molecule has 2 heteroatoms. The topological polar surface area (TPSA) is 18.5 Å². The summed E-state index contributed by atoms with van der Waals surface area (Å²) < 4.78 is 11.7. The molecule has 0 saturated heterocycles. The van der Waals surface area contributed by atoms with Crippen molar-refractivity contribution in [3.05, 3.63) is 77.9 Å². The molecule has 0 radical (unpaired) electrons. The van der Waals surface area contributed by atoms with Gasteiger partial charge in [0.1, 0.15) is 5.75 Å². The SMILES string of the molecule is c1ccc(CCc2ccc3cc(OCOC4CCCCC4)ccc3c2)cc1. The van der Waals surface area contributed by atoms with Crippen LogP contribution in [0.2, 0.25) is 0 Å². The molecular weight excluding hydrogens is 332 g/mol. The Balaban J connectivity index is 1.33. The monoisotopic (exact) mass is 360 g/mol. The normalized spacial score (nSPS) is 15.1. The molecule has 1 saturated carbocycles. The first-order valence-electron chi connectivity index (χ1n) is 10.2. The van der Waals surface area contributed by atoms with Gasteiger partial charge < -0.3 is 9.47 Å². The van der Waals surface area contributed by atoms with Gasteiger partial charge in [-0.1, -0.05) is 73.9 Å². The summed E-state index contributed by atoms with van der Waals surface area (Å²) in [6.07, 6.45) is 8.78. The summed E-state index contributed by atoms with van der Waals surface area (Å²) in [6, 6.07) is 23.7. The summed E-state index contributed by atoms with van der Waals surface area (Å²) in [4.78, 5) is 0. The van der Waals surface area contributed by atoms with Crippen LogP contribution in [0.5, 0.6) is 5.75 Å². The van der Waals surface area contributed by atoms with Crippen molar-refractivity contribution in [2.24, 2.45) is 0 Å². The highest BCUT2D eigenvalue weighted by atomic mass is 16.7. The molecule has 2 nitrogen and oxygen atoms in total. The van der Waals surface area contributed by atoms with Crippen LogP contribution >= 0.6 is 0 Å². The van der Waals surface area contributed by atoms with Crippen molar-refractivity contribution in [3.63, 3.8) is 0 Å². The Morgan fingerprint density at radius 3 is 2.30 bits per heavy atom. The molecule has 3 aromatic carbocycles. The van der Waals surface area contributed by atoms with Crippen molar-refractivity contribution in [2.75, 3.05) is 6.79 Å². The molecule has 0 atom stereocenters. The Morgan fingerprint density at radius 2 is 1.44 bits per heavy atom. The predicted molar refractivity (Wildman–Crippen MR) is 111 cm³/mol. The van der Waals surface area contributed by atoms with E-state index in [1.54, 1.807) is 0 Å². The maximum absolute atomic E-state index is 5.87. The number of hydrogen-bond acceptors (Lipinski definition) is 2. The van der Waals surface area contributed by atoms with Gasteiger partial charge in [-0.25, -0.2) is 0 Å². The fourth-order valence-electron chi connectivity index (χ4n) is 3.88. The van der Waals surface area contributed by atoms with Crippen molar-refractivity contribution < 1.29 is 9.47 Å². The first kappa shape index (κ1) is 18.1. The van der Waals surface area contributed by atoms with Gasteiger partial charge in [-0.05, 0) is 59.7 Å². The number of fused-ring (bicyclic) bond motifs is 1. The van der Waals surface area contributed by atoms with Crippen LogP contribution in [-0.2, 0) is 17.6 Å². The van der Waals surface area contributed by atoms with E-state index in [2.05, 4.69) is 60.7 Å². The van der Waals surface area contributed by atoms with Crippen LogP contribution in [0.1, 0.15) is 43.2 Å². The van der Waals surface area contributed by atoms with Crippen LogP contribution in [-0.4, -0.2) is 12.9 Å². The van der Waals surface area contributed by atoms with Gasteiger partial charge in [0.25, 0.3) is 0 Å². The molecule has 0 unspecified atom stereocenters. The fraction of sp³-hybridized carbons (Fsp3) is 0.360. The Hall–Kier alpha value is -2.32. The Kier molecular flexibility index (Phi) is 6.06. The van der Waals surface area contributed by atoms with Crippen LogP contribution in [0.4, 0.5) is 0 Å². The van der Waals surface area contributed by atoms with Gasteiger partial charge in [0.15, 0.2) is 6.79 Å². The summed E-state index contributed by atoms with van der Waals surface area (Å²) in [7, 11) is 0. The second-order valence-electron chi connectivity index (χ2n) is 7.52. The van der Waals surface area contributed by atoms with E-state index in [9.17, 15) is 0 Å². The molecule has 0 bridgehead atoms. The van der Waals surface area contributed by atoms with Crippen LogP contribution in [0.3, 0.4) is 0 Å². The van der Waals surface area contributed by atoms with Crippen molar-refractivity contribution >= 4 is 10.8 Å². The maximum atomic E-state index is 5.87. The van der Waals surface area contributed by atoms with Gasteiger partial charge in [0, 0.05) is 0 Å². The lowest BCUT2D eigenvalue weighted by molar-refractivity contribution is -0.0496. The average Bonchev–Trinajstić information content (AvgIpc) is 2.74. The molecule has 140 valence electrons. The van der Waals surface area contributed by atoms with E-state index in [0.29, 0.717) is 12.9 Å². The smallest absolute Gasteiger partial charge is 0.189 e. The molecule has 4 rings (SSSR count). The lowest BCUT2D eigenvalue weighted by Gasteiger charge is -2.21. The number of benzene rings is 3. The Labute approximate surface area is 162 Å². The van der Waals surface area contributed by atoms with Crippen LogP contribution in [0.15, 0.2) is 66.7 Å². The summed E-state index contributed by atoms with van der Waals surface area (Å²) in [5.74, 6) is 0.885. The van der Waals surface area contributed by atoms with Gasteiger partial charge in [0.05, 0.1) is 6.10 Å². The number of ether oxygens (including phenoxy) is 2. The highest BCUT2D eigenvalue weighted by molar-refractivity contribution is 5.84. The predicted octanol–water partition coefficient (Wildman–Crippen LogP) is 6.31. The van der Waals surface area contributed by atoms with Gasteiger partial charge in [-0.3, -0.25) is 0 Å². The molecule has 0 N–H and O–H groups in total. The lowest BCUT2D eigenvalue weighted by atomic mass is 9.98. The minimum absolute atomic E-state index is 0.353. The van der Waals surface area contributed by atoms with E-state index in [-0.39, 0.29) is 0 Å². The first-order chi connectivity index (χ1) is 13.4. The van der Waals surface area contributed by atoms with Crippen molar-refractivity contribution in [3.8, 4) is 5.75 Å². The van der Waals surface area contributed by atoms with Crippen molar-refractivity contribution in [1.82, 2.24) is 0 Å². The van der Waals surface area contributed by atoms with E-state index in [0.717, 1.165) is 18.6 Å². The number of aryl methyl sites for hydroxylation is 2. The lowest BCUT2D eigenvalue weighted by Crippen LogP contribution is -2.19. The molecule has 0 heterocycles. The summed E-state index contributed by atoms with van der Waals surface area (Å²) in [6.45, 7) is 0.353. The summed E-state index contributed by atoms with van der Waals surface area (Å²) >= 11 is 0. The Morgan fingerprint density at radius 1 is 0.704 bits per heavy atom. The highest BCUT2D eigenvalue weighted by Gasteiger charge is 2.13. The van der Waals surface area contributed by atoms with E-state index >= 15 is 0 Å². The fourth-order valence-corrected chi connectivity index (χ4v) is 3.88. The van der Waals surface area contributed by atoms with Crippen molar-refractivity contribution in [2.45, 2.75) is 51.0 Å². The van der Waals surface area contributed by atoms with Crippen LogP contribution in [0.25, 0.3) is 10.8 Å². The first-order valence-corrected chi connectivity index (χ1v) is 10.2. The molecular formula is C25H28O2. The van der Waals surface area contributed by atoms with E-state index < -0.39 is 0 Å². The molecule has 0 aromatic heterocycles. The molecule has 27 heavy (non-hydrogen) atoms. The Bertz CT molecular complexity index is 851. The van der Waals surface area contributed by atoms with Crippen molar-refractivity contribution in [1.29, 1.82) is 0 Å². The second kappa shape index (κ2) is 9.05. The highest BCUT2D eigenvalue weighted by Crippen LogP contribution is 2.24. The van der Waals surface area contributed by atoms with E-state index in [1.165, 1.54) is 54.0 Å². The quantitative estimate of drug-likeness (QED) is 0.460. The molecule has 0 aliphatic heterocycles. The molecule has 0 amide bonds. The van der Waals surface area contributed by atoms with Crippen LogP contribution in [0, 0.1) is 0 Å². The number of rotatable bonds is 7. The van der Waals surface area contributed by atoms with Crippen LogP contribution < -0.4 is 4.74 Å². The van der Waals surface area contributed by atoms with Gasteiger partial charge >= 0.3 is 0 Å². The zero-order chi connectivity index (χ0) is 18.3. The molecule has 1 fully saturated rings. The minimum atomic E-state index is 0.353. The molecule has 3 aromatic rings. The minimum Gasteiger partial charge on any atom is -0.468 e. The molecule has 1 aliphatic carbocycles. The van der Waals surface area contributed by atoms with Gasteiger partial charge in [-0.15, -0.1) is 0 Å². The largest absolute Gasteiger partial charge is 0.468 e. The zero-order valence-corrected chi connectivity index (χ0v) is 15.9. The van der Waals surface area contributed by atoms with E-state index in [4.69, 9.17) is 9.47 Å². The maximum Gasteiger partial charge on any atom is 0.189 e. The number of hydrogen-bond donors (Lipinski definition) is 0. The third-order valence-corrected chi connectivity index (χ3v) is 5.50. The second-order valence-corrected chi connectivity index (χ2v) is 7.52. The van der Waals surface area contributed by atoms with Gasteiger partial charge in [0.2, 0.25) is 0 Å². The standard InChI is InChI=1S/C25H28O2/c1-3-7-20(8-4-1)11-12-21-13-14-23-18-25(16-15-22(23)17-21)27-19-26-24-9-5-2-6-10-24/h1,3-4,7-8,13-18,24H,2,5-6,9-12,19H2. The average molecular weight is 360 g/mol. The molecule has 1 aliphatic rings. The molecule has 0 spiro atoms. The zero-order valence-electron chi connectivity index (χ0n) is 15.9. The summed E-state index contributed by atoms with van der Waals surface area (Å²) in [5, 5.41) is 2.48. The van der Waals surface area contributed by atoms with E-state index in [1.807, 2.05) is 6.07 Å².